The van der Waals surface area contributed by atoms with E-state index in [-0.39, 0.29) is 17.7 Å². The lowest BCUT2D eigenvalue weighted by atomic mass is 9.69. The molecule has 0 saturated heterocycles. The zero-order valence-electron chi connectivity index (χ0n) is 21.8. The van der Waals surface area contributed by atoms with Gasteiger partial charge in [0.15, 0.2) is 5.78 Å². The van der Waals surface area contributed by atoms with E-state index in [0.717, 1.165) is 35.9 Å². The number of hydrogen-bond donors (Lipinski definition) is 4. The van der Waals surface area contributed by atoms with Crippen molar-refractivity contribution in [1.82, 2.24) is 5.32 Å². The van der Waals surface area contributed by atoms with E-state index in [2.05, 4.69) is 5.32 Å². The highest BCUT2D eigenvalue weighted by Gasteiger charge is 2.49. The molecule has 7 nitrogen and oxygen atoms in total. The van der Waals surface area contributed by atoms with Crippen molar-refractivity contribution in [3.8, 4) is 11.5 Å². The van der Waals surface area contributed by atoms with E-state index in [9.17, 15) is 9.59 Å². The quantitative estimate of drug-likeness (QED) is 0.249. The molecule has 0 radical (unpaired) electrons. The number of hydrogen-bond acceptors (Lipinski definition) is 7. The van der Waals surface area contributed by atoms with Gasteiger partial charge in [-0.05, 0) is 66.8 Å². The summed E-state index contributed by atoms with van der Waals surface area (Å²) in [6.45, 7) is 1.90. The number of ether oxygens (including phenoxy) is 1. The zero-order chi connectivity index (χ0) is 27.3. The third-order valence-corrected chi connectivity index (χ3v) is 9.31. The molecule has 8 heteroatoms. The van der Waals surface area contributed by atoms with Crippen LogP contribution in [0.15, 0.2) is 60.7 Å². The van der Waals surface area contributed by atoms with Gasteiger partial charge in [-0.15, -0.1) is 11.3 Å². The number of aryl methyl sites for hydroxylation is 1. The molecule has 0 spiro atoms. The number of rotatable bonds is 5. The Hall–Kier alpha value is -3.72. The molecule has 2 aliphatic carbocycles. The van der Waals surface area contributed by atoms with Gasteiger partial charge >= 0.3 is 0 Å². The van der Waals surface area contributed by atoms with E-state index in [1.807, 2.05) is 55.5 Å². The highest BCUT2D eigenvalue weighted by atomic mass is 32.1. The number of anilines is 1. The smallest absolute Gasteiger partial charge is 0.261 e. The number of benzene rings is 3. The van der Waals surface area contributed by atoms with Crippen LogP contribution in [0.25, 0.3) is 10.1 Å². The number of para-hydroxylation sites is 1. The van der Waals surface area contributed by atoms with Gasteiger partial charge in [0.05, 0.1) is 15.6 Å². The minimum absolute atomic E-state index is 0.129. The number of nitrogens with one attached hydrogen (secondary N) is 1. The van der Waals surface area contributed by atoms with Gasteiger partial charge in [-0.3, -0.25) is 9.59 Å². The normalized spacial score (nSPS) is 21.2. The molecule has 7 N–H and O–H groups in total. The average Bonchev–Trinajstić information content (AvgIpc) is 3.35. The second kappa shape index (κ2) is 9.79. The Balaban J connectivity index is 1.44. The standard InChI is InChI=1S/C31H32N4O3S/c1-17-16-20(38-19-10-6-3-7-11-19)12-13-21(17)31(34)22-14-15-23(32)27-24(22)25(26(33)29(31)36)28(39-27)30(37)35-18-8-4-2-5-9-18/h3,6-7,10-16,18,26H,2,4-5,8-9,32-34H2,1H3,(H,35,37). The molecular formula is C31H32N4O3S. The van der Waals surface area contributed by atoms with Crippen LogP contribution < -0.4 is 27.3 Å². The Labute approximate surface area is 231 Å². The molecule has 6 rings (SSSR count). The fourth-order valence-electron chi connectivity index (χ4n) is 6.09. The zero-order valence-corrected chi connectivity index (χ0v) is 22.6. The first-order valence-electron chi connectivity index (χ1n) is 13.4. The van der Waals surface area contributed by atoms with Gasteiger partial charge in [0.25, 0.3) is 5.91 Å². The van der Waals surface area contributed by atoms with Crippen molar-refractivity contribution in [1.29, 1.82) is 0 Å². The van der Waals surface area contributed by atoms with Gasteiger partial charge in [-0.1, -0.05) is 49.6 Å². The highest BCUT2D eigenvalue weighted by molar-refractivity contribution is 7.21. The average molecular weight is 541 g/mol. The van der Waals surface area contributed by atoms with Crippen molar-refractivity contribution in [2.24, 2.45) is 11.5 Å². The molecule has 1 fully saturated rings. The molecule has 200 valence electrons. The first-order valence-corrected chi connectivity index (χ1v) is 14.2. The van der Waals surface area contributed by atoms with Crippen LogP contribution >= 0.6 is 11.3 Å². The molecule has 0 bridgehead atoms. The van der Waals surface area contributed by atoms with Crippen molar-refractivity contribution in [3.63, 3.8) is 0 Å². The minimum Gasteiger partial charge on any atom is -0.457 e. The van der Waals surface area contributed by atoms with Crippen LogP contribution in [-0.4, -0.2) is 17.7 Å². The second-order valence-corrected chi connectivity index (χ2v) is 11.6. The van der Waals surface area contributed by atoms with Crippen molar-refractivity contribution in [3.05, 3.63) is 87.8 Å². The number of nitrogens with two attached hydrogens (primary N) is 3. The third kappa shape index (κ3) is 4.19. The third-order valence-electron chi connectivity index (χ3n) is 8.06. The number of carbonyl (C=O) groups is 2. The molecule has 1 saturated carbocycles. The number of thiophene rings is 1. The molecule has 1 heterocycles. The summed E-state index contributed by atoms with van der Waals surface area (Å²) in [5.41, 5.74) is 21.7. The lowest BCUT2D eigenvalue weighted by Gasteiger charge is -2.37. The number of carbonyl (C=O) groups excluding carboxylic acids is 2. The predicted molar refractivity (Wildman–Crippen MR) is 155 cm³/mol. The summed E-state index contributed by atoms with van der Waals surface area (Å²) in [6.07, 6.45) is 5.31. The maximum absolute atomic E-state index is 14.1. The molecule has 3 aromatic carbocycles. The summed E-state index contributed by atoms with van der Waals surface area (Å²) in [5, 5.41) is 3.89. The van der Waals surface area contributed by atoms with Crippen molar-refractivity contribution >= 4 is 38.8 Å². The summed E-state index contributed by atoms with van der Waals surface area (Å²) in [6, 6.07) is 17.6. The Morgan fingerprint density at radius 1 is 1.00 bits per heavy atom. The van der Waals surface area contributed by atoms with Crippen LogP contribution in [-0.2, 0) is 10.3 Å². The Morgan fingerprint density at radius 3 is 2.44 bits per heavy atom. The molecule has 2 unspecified atom stereocenters. The number of Topliss-reactive ketones (excluding diaryl/α,β-unsaturated/α-hetero) is 1. The Kier molecular flexibility index (Phi) is 6.41. The van der Waals surface area contributed by atoms with Crippen LogP contribution in [0.1, 0.15) is 70.1 Å². The van der Waals surface area contributed by atoms with Crippen molar-refractivity contribution in [2.75, 3.05) is 5.73 Å². The molecule has 1 aromatic heterocycles. The molecule has 2 atom stereocenters. The summed E-state index contributed by atoms with van der Waals surface area (Å²) in [5.74, 6) is 0.796. The number of ketones is 1. The van der Waals surface area contributed by atoms with E-state index >= 15 is 0 Å². The van der Waals surface area contributed by atoms with Gasteiger partial charge in [0.2, 0.25) is 0 Å². The Morgan fingerprint density at radius 2 is 1.72 bits per heavy atom. The fourth-order valence-corrected chi connectivity index (χ4v) is 7.29. The highest BCUT2D eigenvalue weighted by Crippen LogP contribution is 2.50. The minimum atomic E-state index is -1.51. The van der Waals surface area contributed by atoms with Crippen LogP contribution in [0.5, 0.6) is 11.5 Å². The van der Waals surface area contributed by atoms with E-state index < -0.39 is 11.6 Å². The molecule has 0 aliphatic heterocycles. The van der Waals surface area contributed by atoms with E-state index in [1.165, 1.54) is 17.8 Å². The first kappa shape index (κ1) is 25.6. The maximum Gasteiger partial charge on any atom is 0.261 e. The molecule has 1 amide bonds. The summed E-state index contributed by atoms with van der Waals surface area (Å²) in [4.78, 5) is 28.0. The predicted octanol–water partition coefficient (Wildman–Crippen LogP) is 5.43. The summed E-state index contributed by atoms with van der Waals surface area (Å²) in [7, 11) is 0. The van der Waals surface area contributed by atoms with E-state index in [1.54, 1.807) is 12.1 Å². The SMILES string of the molecule is Cc1cc(Oc2ccccc2)ccc1C1(N)C(=O)C(N)c2c(C(=O)NC3CCCCC3)sc3c(N)ccc1c23. The van der Waals surface area contributed by atoms with Crippen molar-refractivity contribution < 1.29 is 14.3 Å². The van der Waals surface area contributed by atoms with Crippen LogP contribution in [0, 0.1) is 6.92 Å². The van der Waals surface area contributed by atoms with Gasteiger partial charge in [-0.2, -0.15) is 0 Å². The lowest BCUT2D eigenvalue weighted by molar-refractivity contribution is -0.124. The van der Waals surface area contributed by atoms with Gasteiger partial charge in [0.1, 0.15) is 17.0 Å². The largest absolute Gasteiger partial charge is 0.457 e. The van der Waals surface area contributed by atoms with E-state index in [4.69, 9.17) is 21.9 Å². The van der Waals surface area contributed by atoms with Gasteiger partial charge in [-0.25, -0.2) is 0 Å². The molecule has 2 aliphatic rings. The molecule has 4 aromatic rings. The summed E-state index contributed by atoms with van der Waals surface area (Å²) >= 11 is 1.29. The first-order chi connectivity index (χ1) is 18.8. The lowest BCUT2D eigenvalue weighted by Crippen LogP contribution is -2.53. The van der Waals surface area contributed by atoms with E-state index in [0.29, 0.717) is 44.1 Å². The summed E-state index contributed by atoms with van der Waals surface area (Å²) < 4.78 is 6.73. The maximum atomic E-state index is 14.1. The van der Waals surface area contributed by atoms with Crippen LogP contribution in [0.4, 0.5) is 5.69 Å². The Bertz CT molecular complexity index is 1590. The topological polar surface area (TPSA) is 133 Å². The number of amides is 1. The van der Waals surface area contributed by atoms with Crippen molar-refractivity contribution in [2.45, 2.75) is 56.7 Å². The molecule has 39 heavy (non-hydrogen) atoms. The fraction of sp³-hybridized carbons (Fsp3) is 0.290. The van der Waals surface area contributed by atoms with Crippen LogP contribution in [0.3, 0.4) is 0 Å². The van der Waals surface area contributed by atoms with Gasteiger partial charge in [0, 0.05) is 22.7 Å². The number of nitrogen functional groups attached to an aromatic ring is 1. The van der Waals surface area contributed by atoms with Crippen LogP contribution in [0.2, 0.25) is 0 Å². The van der Waals surface area contributed by atoms with Gasteiger partial charge < -0.3 is 27.3 Å². The second-order valence-electron chi connectivity index (χ2n) is 10.6. The monoisotopic (exact) mass is 540 g/mol. The molecular weight excluding hydrogens is 508 g/mol.